The fourth-order valence-corrected chi connectivity index (χ4v) is 6.57. The van der Waals surface area contributed by atoms with E-state index in [4.69, 9.17) is 0 Å². The number of allylic oxidation sites excluding steroid dienone is 24. The Bertz CT molecular complexity index is 1330. The summed E-state index contributed by atoms with van der Waals surface area (Å²) in [5.41, 5.74) is 0. The Kier molecular flexibility index (Phi) is 48.5. The van der Waals surface area contributed by atoms with Crippen LogP contribution in [0.25, 0.3) is 0 Å². The molecule has 0 saturated carbocycles. The van der Waals surface area contributed by atoms with E-state index < -0.39 is 12.1 Å². The molecule has 348 valence electrons. The van der Waals surface area contributed by atoms with Crippen LogP contribution < -0.4 is 5.32 Å². The van der Waals surface area contributed by atoms with E-state index in [0.29, 0.717) is 12.8 Å². The smallest absolute Gasteiger partial charge is 0.220 e. The Morgan fingerprint density at radius 3 is 1.03 bits per heavy atom. The van der Waals surface area contributed by atoms with E-state index in [9.17, 15) is 15.0 Å². The van der Waals surface area contributed by atoms with Crippen LogP contribution in [0.4, 0.5) is 0 Å². The van der Waals surface area contributed by atoms with Gasteiger partial charge in [0.1, 0.15) is 0 Å². The van der Waals surface area contributed by atoms with Gasteiger partial charge in [-0.25, -0.2) is 0 Å². The Morgan fingerprint density at radius 2 is 0.710 bits per heavy atom. The maximum absolute atomic E-state index is 12.4. The average Bonchev–Trinajstić information content (AvgIpc) is 3.28. The number of amides is 1. The largest absolute Gasteiger partial charge is 0.394 e. The van der Waals surface area contributed by atoms with Crippen LogP contribution in [0.15, 0.2) is 146 Å². The lowest BCUT2D eigenvalue weighted by molar-refractivity contribution is -0.123. The molecule has 0 aromatic heterocycles. The lowest BCUT2D eigenvalue weighted by Crippen LogP contribution is -2.45. The summed E-state index contributed by atoms with van der Waals surface area (Å²) in [6, 6.07) is -0.569. The monoisotopic (exact) mass is 852 g/mol. The van der Waals surface area contributed by atoms with Gasteiger partial charge >= 0.3 is 0 Å². The second-order valence-corrected chi connectivity index (χ2v) is 16.2. The van der Waals surface area contributed by atoms with Crippen LogP contribution in [0, 0.1) is 0 Å². The van der Waals surface area contributed by atoms with Crippen LogP contribution in [-0.4, -0.2) is 34.9 Å². The maximum Gasteiger partial charge on any atom is 0.220 e. The summed E-state index contributed by atoms with van der Waals surface area (Å²) >= 11 is 0. The van der Waals surface area contributed by atoms with Gasteiger partial charge in [-0.1, -0.05) is 230 Å². The Labute approximate surface area is 383 Å². The van der Waals surface area contributed by atoms with E-state index in [1.165, 1.54) is 57.8 Å². The van der Waals surface area contributed by atoms with Gasteiger partial charge in [-0.05, 0) is 103 Å². The third-order valence-corrected chi connectivity index (χ3v) is 10.4. The maximum atomic E-state index is 12.4. The zero-order chi connectivity index (χ0) is 44.9. The summed E-state index contributed by atoms with van der Waals surface area (Å²) in [4.78, 5) is 12.4. The van der Waals surface area contributed by atoms with Gasteiger partial charge in [0, 0.05) is 6.42 Å². The number of carbonyl (C=O) groups is 1. The predicted molar refractivity (Wildman–Crippen MR) is 275 cm³/mol. The second kappa shape index (κ2) is 51.6. The molecular formula is C58H93NO3. The highest BCUT2D eigenvalue weighted by Crippen LogP contribution is 2.14. The molecule has 1 amide bonds. The van der Waals surface area contributed by atoms with Crippen molar-refractivity contribution in [2.45, 2.75) is 206 Å². The first-order chi connectivity index (χ1) is 30.7. The highest BCUT2D eigenvalue weighted by Gasteiger charge is 2.19. The Hall–Kier alpha value is -3.73. The van der Waals surface area contributed by atoms with Gasteiger partial charge in [0.15, 0.2) is 0 Å². The van der Waals surface area contributed by atoms with Crippen molar-refractivity contribution in [3.05, 3.63) is 146 Å². The van der Waals surface area contributed by atoms with Gasteiger partial charge in [-0.3, -0.25) is 4.79 Å². The highest BCUT2D eigenvalue weighted by molar-refractivity contribution is 5.76. The molecule has 3 N–H and O–H groups in total. The molecule has 0 radical (unpaired) electrons. The average molecular weight is 852 g/mol. The van der Waals surface area contributed by atoms with Crippen LogP contribution in [-0.2, 0) is 4.79 Å². The molecule has 2 atom stereocenters. The van der Waals surface area contributed by atoms with Gasteiger partial charge in [0.05, 0.1) is 18.8 Å². The van der Waals surface area contributed by atoms with E-state index in [1.807, 2.05) is 0 Å². The standard InChI is InChI=1S/C58H93NO3/c1-3-5-7-9-11-13-15-16-17-18-19-20-21-22-23-24-25-26-27-28-29-30-31-32-33-34-35-36-37-38-39-40-41-42-44-46-48-50-52-54-58(62)59-56(55-60)57(61)53-51-49-47-45-43-14-12-10-8-6-4-2/h5,7,11,13,16-17,19-20,22-23,25-26,28-29,31-32,34-35,37-38,40-41,44,46,56-57,60-61H,3-4,6,8-10,12,14-15,18,21,24,27,30,33,36,39,42-43,45,47-55H2,1-2H3,(H,59,62)/b7-5-,13-11-,17-16-,20-19-,23-22-,26-25-,29-28-,32-31-,35-34-,38-37-,41-40-,46-44-. The molecule has 0 aromatic rings. The van der Waals surface area contributed by atoms with Crippen molar-refractivity contribution in [3.8, 4) is 0 Å². The lowest BCUT2D eigenvalue weighted by atomic mass is 10.0. The Balaban J connectivity index is 3.73. The number of unbranched alkanes of at least 4 members (excludes halogenated alkanes) is 12. The number of rotatable bonds is 43. The van der Waals surface area contributed by atoms with Crippen LogP contribution in [0.2, 0.25) is 0 Å². The number of aliphatic hydroxyl groups is 2. The molecule has 2 unspecified atom stereocenters. The molecule has 4 heteroatoms. The van der Waals surface area contributed by atoms with Gasteiger partial charge in [-0.15, -0.1) is 0 Å². The molecule has 62 heavy (non-hydrogen) atoms. The zero-order valence-electron chi connectivity index (χ0n) is 39.8. The Morgan fingerprint density at radius 1 is 0.403 bits per heavy atom. The molecule has 4 nitrogen and oxygen atoms in total. The van der Waals surface area contributed by atoms with Gasteiger partial charge in [0.25, 0.3) is 0 Å². The zero-order valence-corrected chi connectivity index (χ0v) is 39.8. The minimum Gasteiger partial charge on any atom is -0.394 e. The van der Waals surface area contributed by atoms with Crippen molar-refractivity contribution in [2.24, 2.45) is 0 Å². The van der Waals surface area contributed by atoms with Crippen LogP contribution >= 0.6 is 0 Å². The van der Waals surface area contributed by atoms with Crippen molar-refractivity contribution in [2.75, 3.05) is 6.61 Å². The van der Waals surface area contributed by atoms with Crippen molar-refractivity contribution in [1.82, 2.24) is 5.32 Å². The molecule has 0 aliphatic heterocycles. The molecule has 0 rings (SSSR count). The van der Waals surface area contributed by atoms with Crippen molar-refractivity contribution in [3.63, 3.8) is 0 Å². The SMILES string of the molecule is CC/C=C\C/C=C\C/C=C\C/C=C\C/C=C\C/C=C\C/C=C\C/C=C\C/C=C\C/C=C\C/C=C\C/C=C\CCCCC(=O)NC(CO)C(O)CCCCCCCCCCCCC. The van der Waals surface area contributed by atoms with Crippen LogP contribution in [0.1, 0.15) is 194 Å². The van der Waals surface area contributed by atoms with E-state index >= 15 is 0 Å². The first-order valence-electron chi connectivity index (χ1n) is 25.0. The van der Waals surface area contributed by atoms with Crippen molar-refractivity contribution >= 4 is 5.91 Å². The minimum absolute atomic E-state index is 0.0818. The third-order valence-electron chi connectivity index (χ3n) is 10.4. The molecule has 0 spiro atoms. The first-order valence-corrected chi connectivity index (χ1v) is 25.0. The van der Waals surface area contributed by atoms with Crippen molar-refractivity contribution in [1.29, 1.82) is 0 Å². The number of nitrogens with one attached hydrogen (secondary N) is 1. The second-order valence-electron chi connectivity index (χ2n) is 16.2. The summed E-state index contributed by atoms with van der Waals surface area (Å²) in [6.45, 7) is 4.20. The third kappa shape index (κ3) is 47.3. The molecule has 0 bridgehead atoms. The summed E-state index contributed by atoms with van der Waals surface area (Å²) < 4.78 is 0. The minimum atomic E-state index is -0.686. The molecule has 0 saturated heterocycles. The fourth-order valence-electron chi connectivity index (χ4n) is 6.57. The summed E-state index contributed by atoms with van der Waals surface area (Å²) in [5.74, 6) is -0.0818. The van der Waals surface area contributed by atoms with Gasteiger partial charge in [0.2, 0.25) is 5.91 Å². The van der Waals surface area contributed by atoms with E-state index in [2.05, 4.69) is 165 Å². The van der Waals surface area contributed by atoms with Gasteiger partial charge in [-0.2, -0.15) is 0 Å². The van der Waals surface area contributed by atoms with E-state index in [-0.39, 0.29) is 12.5 Å². The van der Waals surface area contributed by atoms with Crippen molar-refractivity contribution < 1.29 is 15.0 Å². The van der Waals surface area contributed by atoms with E-state index in [1.54, 1.807) is 0 Å². The molecular weight excluding hydrogens is 759 g/mol. The molecule has 0 fully saturated rings. The summed E-state index contributed by atoms with van der Waals surface area (Å²) in [7, 11) is 0. The first kappa shape index (κ1) is 58.3. The van der Waals surface area contributed by atoms with E-state index in [0.717, 1.165) is 109 Å². The normalized spacial score (nSPS) is 14.2. The van der Waals surface area contributed by atoms with Crippen LogP contribution in [0.5, 0.6) is 0 Å². The summed E-state index contributed by atoms with van der Waals surface area (Å²) in [5, 5.41) is 23.1. The summed E-state index contributed by atoms with van der Waals surface area (Å²) in [6.07, 6.45) is 82.3. The predicted octanol–water partition coefficient (Wildman–Crippen LogP) is 16.5. The number of carbonyl (C=O) groups excluding carboxylic acids is 1. The molecule has 0 aliphatic rings. The quantitative estimate of drug-likeness (QED) is 0.0423. The number of hydrogen-bond donors (Lipinski definition) is 3. The van der Waals surface area contributed by atoms with Crippen LogP contribution in [0.3, 0.4) is 0 Å². The highest BCUT2D eigenvalue weighted by atomic mass is 16.3. The molecule has 0 aliphatic carbocycles. The number of hydrogen-bond acceptors (Lipinski definition) is 3. The van der Waals surface area contributed by atoms with Gasteiger partial charge < -0.3 is 15.5 Å². The topological polar surface area (TPSA) is 69.6 Å². The lowest BCUT2D eigenvalue weighted by Gasteiger charge is -2.22. The number of aliphatic hydroxyl groups excluding tert-OH is 2. The molecule has 0 aromatic carbocycles. The molecule has 0 heterocycles. The fraction of sp³-hybridized carbons (Fsp3) is 0.569.